The minimum Gasteiger partial charge on any atom is -0.326 e. The molecule has 0 bridgehead atoms. The summed E-state index contributed by atoms with van der Waals surface area (Å²) in [5.74, 6) is 0. The quantitative estimate of drug-likeness (QED) is 0.783. The lowest BCUT2D eigenvalue weighted by Crippen LogP contribution is -2.01. The van der Waals surface area contributed by atoms with Gasteiger partial charge in [-0.2, -0.15) is 0 Å². The van der Waals surface area contributed by atoms with Crippen LogP contribution >= 0.6 is 12.4 Å². The van der Waals surface area contributed by atoms with Gasteiger partial charge in [0.2, 0.25) is 0 Å². The molecule has 2 N–H and O–H groups in total. The normalized spacial score (nSPS) is 10.8. The maximum atomic E-state index is 12.2. The maximum absolute atomic E-state index is 12.2. The predicted molar refractivity (Wildman–Crippen MR) is 56.6 cm³/mol. The van der Waals surface area contributed by atoms with Gasteiger partial charge in [0.05, 0.1) is 6.33 Å². The summed E-state index contributed by atoms with van der Waals surface area (Å²) in [7, 11) is 0. The molecule has 0 fully saturated rings. The van der Waals surface area contributed by atoms with Crippen LogP contribution in [0.4, 0.5) is 4.39 Å². The fourth-order valence-corrected chi connectivity index (χ4v) is 0.993. The summed E-state index contributed by atoms with van der Waals surface area (Å²) in [6, 6.07) is 7.62. The summed E-state index contributed by atoms with van der Waals surface area (Å²) in [6.07, 6.45) is 0.560. The highest BCUT2D eigenvalue weighted by atomic mass is 35.5. The molecule has 72 valence electrons. The molecular formula is C10H13ClFN. The zero-order chi connectivity index (χ0) is 8.97. The third kappa shape index (κ3) is 3.17. The van der Waals surface area contributed by atoms with Crippen LogP contribution in [0.2, 0.25) is 0 Å². The zero-order valence-corrected chi connectivity index (χ0v) is 8.27. The van der Waals surface area contributed by atoms with Crippen molar-refractivity contribution in [3.8, 4) is 0 Å². The first-order chi connectivity index (χ1) is 5.77. The smallest absolute Gasteiger partial charge is 0.0917 e. The Hall–Kier alpha value is -0.860. The second-order valence-corrected chi connectivity index (χ2v) is 2.70. The molecule has 0 saturated heterocycles. The lowest BCUT2D eigenvalue weighted by Gasteiger charge is -2.02. The highest BCUT2D eigenvalue weighted by Crippen LogP contribution is 2.13. The molecule has 3 heteroatoms. The Morgan fingerprint density at radius 2 is 1.92 bits per heavy atom. The van der Waals surface area contributed by atoms with Gasteiger partial charge < -0.3 is 5.73 Å². The fourth-order valence-electron chi connectivity index (χ4n) is 0.993. The van der Waals surface area contributed by atoms with Gasteiger partial charge in [0.1, 0.15) is 0 Å². The van der Waals surface area contributed by atoms with E-state index in [9.17, 15) is 4.39 Å². The molecule has 1 aromatic carbocycles. The molecule has 0 aliphatic heterocycles. The Balaban J connectivity index is 0.00000144. The molecule has 1 rings (SSSR count). The first-order valence-electron chi connectivity index (χ1n) is 3.84. The Morgan fingerprint density at radius 1 is 1.38 bits per heavy atom. The average Bonchev–Trinajstić information content (AvgIpc) is 2.10. The van der Waals surface area contributed by atoms with E-state index in [1.807, 2.05) is 31.2 Å². The van der Waals surface area contributed by atoms with E-state index in [0.717, 1.165) is 11.1 Å². The molecule has 0 spiro atoms. The first-order valence-corrected chi connectivity index (χ1v) is 3.84. The first kappa shape index (κ1) is 12.1. The summed E-state index contributed by atoms with van der Waals surface area (Å²) in [4.78, 5) is 0. The summed E-state index contributed by atoms with van der Waals surface area (Å²) in [5, 5.41) is 0. The highest BCUT2D eigenvalue weighted by Gasteiger charge is 1.97. The Labute approximate surface area is 83.9 Å². The second-order valence-electron chi connectivity index (χ2n) is 2.70. The zero-order valence-electron chi connectivity index (χ0n) is 7.46. The van der Waals surface area contributed by atoms with Crippen LogP contribution in [0.3, 0.4) is 0 Å². The number of benzene rings is 1. The van der Waals surface area contributed by atoms with E-state index < -0.39 is 0 Å². The van der Waals surface area contributed by atoms with E-state index in [-0.39, 0.29) is 19.0 Å². The van der Waals surface area contributed by atoms with E-state index in [0.29, 0.717) is 11.9 Å². The number of halogens is 2. The number of hydrogen-bond acceptors (Lipinski definition) is 1. The molecule has 0 unspecified atom stereocenters. The van der Waals surface area contributed by atoms with Crippen LogP contribution < -0.4 is 5.73 Å². The van der Waals surface area contributed by atoms with Gasteiger partial charge in [0.15, 0.2) is 0 Å². The van der Waals surface area contributed by atoms with Crippen molar-refractivity contribution in [2.75, 3.05) is 6.54 Å². The van der Waals surface area contributed by atoms with Gasteiger partial charge in [0, 0.05) is 12.1 Å². The topological polar surface area (TPSA) is 26.0 Å². The second kappa shape index (κ2) is 5.73. The predicted octanol–water partition coefficient (Wildman–Crippen LogP) is 2.69. The summed E-state index contributed by atoms with van der Waals surface area (Å²) in [5.41, 5.74) is 7.90. The van der Waals surface area contributed by atoms with E-state index in [1.165, 1.54) is 0 Å². The minimum absolute atomic E-state index is 0. The molecular weight excluding hydrogens is 189 g/mol. The van der Waals surface area contributed by atoms with Crippen molar-refractivity contribution in [1.82, 2.24) is 0 Å². The molecule has 0 saturated carbocycles. The van der Waals surface area contributed by atoms with Crippen LogP contribution in [-0.2, 0) is 0 Å². The summed E-state index contributed by atoms with van der Waals surface area (Å²) >= 11 is 0. The van der Waals surface area contributed by atoms with Gasteiger partial charge in [-0.05, 0) is 12.5 Å². The molecule has 1 aromatic rings. The van der Waals surface area contributed by atoms with Crippen molar-refractivity contribution in [2.24, 2.45) is 5.73 Å². The van der Waals surface area contributed by atoms with Crippen molar-refractivity contribution >= 4 is 18.0 Å². The van der Waals surface area contributed by atoms with Gasteiger partial charge >= 0.3 is 0 Å². The molecule has 0 radical (unpaired) electrons. The summed E-state index contributed by atoms with van der Waals surface area (Å²) in [6.45, 7) is 2.23. The number of hydrogen-bond donors (Lipinski definition) is 1. The lowest BCUT2D eigenvalue weighted by molar-refractivity contribution is 0.721. The lowest BCUT2D eigenvalue weighted by atomic mass is 10.1. The molecule has 13 heavy (non-hydrogen) atoms. The third-order valence-corrected chi connectivity index (χ3v) is 1.77. The largest absolute Gasteiger partial charge is 0.326 e. The molecule has 0 aliphatic carbocycles. The van der Waals surface area contributed by atoms with Crippen LogP contribution in [0.1, 0.15) is 11.1 Å². The number of aryl methyl sites for hydroxylation is 1. The Morgan fingerprint density at radius 3 is 2.31 bits per heavy atom. The van der Waals surface area contributed by atoms with Crippen LogP contribution in [0.25, 0.3) is 5.57 Å². The van der Waals surface area contributed by atoms with E-state index >= 15 is 0 Å². The molecule has 1 nitrogen and oxygen atoms in total. The van der Waals surface area contributed by atoms with Crippen LogP contribution in [-0.4, -0.2) is 6.54 Å². The molecule has 0 heterocycles. The van der Waals surface area contributed by atoms with Gasteiger partial charge in [-0.15, -0.1) is 12.4 Å². The van der Waals surface area contributed by atoms with Crippen molar-refractivity contribution < 1.29 is 4.39 Å². The van der Waals surface area contributed by atoms with Gasteiger partial charge in [-0.3, -0.25) is 0 Å². The Bertz CT molecular complexity index is 279. The number of nitrogens with two attached hydrogens (primary N) is 1. The van der Waals surface area contributed by atoms with Crippen molar-refractivity contribution in [3.63, 3.8) is 0 Å². The standard InChI is InChI=1S/C10H12FN.ClH/c1-8-2-4-9(5-3-8)10(6-11)7-12;/h2-6H,7,12H2,1H3;1H/b10-6-;. The summed E-state index contributed by atoms with van der Waals surface area (Å²) < 4.78 is 12.2. The van der Waals surface area contributed by atoms with E-state index in [1.54, 1.807) is 0 Å². The molecule has 0 atom stereocenters. The molecule has 0 aliphatic rings. The van der Waals surface area contributed by atoms with Crippen molar-refractivity contribution in [3.05, 3.63) is 41.7 Å². The van der Waals surface area contributed by atoms with Gasteiger partial charge in [-0.25, -0.2) is 4.39 Å². The van der Waals surface area contributed by atoms with Crippen molar-refractivity contribution in [2.45, 2.75) is 6.92 Å². The minimum atomic E-state index is 0. The van der Waals surface area contributed by atoms with Crippen molar-refractivity contribution in [1.29, 1.82) is 0 Å². The van der Waals surface area contributed by atoms with Crippen LogP contribution in [0, 0.1) is 6.92 Å². The highest BCUT2D eigenvalue weighted by molar-refractivity contribution is 5.85. The van der Waals surface area contributed by atoms with Gasteiger partial charge in [0.25, 0.3) is 0 Å². The van der Waals surface area contributed by atoms with Crippen LogP contribution in [0.15, 0.2) is 30.6 Å². The maximum Gasteiger partial charge on any atom is 0.0917 e. The molecule has 0 aromatic heterocycles. The van der Waals surface area contributed by atoms with Gasteiger partial charge in [-0.1, -0.05) is 29.8 Å². The Kier molecular flexibility index (Phi) is 5.35. The SMILES string of the molecule is Cc1ccc(/C(=C\F)CN)cc1.Cl. The van der Waals surface area contributed by atoms with Crippen LogP contribution in [0.5, 0.6) is 0 Å². The third-order valence-electron chi connectivity index (χ3n) is 1.77. The monoisotopic (exact) mass is 201 g/mol. The fraction of sp³-hybridized carbons (Fsp3) is 0.200. The van der Waals surface area contributed by atoms with E-state index in [4.69, 9.17) is 5.73 Å². The average molecular weight is 202 g/mol. The number of rotatable bonds is 2. The van der Waals surface area contributed by atoms with E-state index in [2.05, 4.69) is 0 Å². The molecule has 0 amide bonds.